The second-order valence-corrected chi connectivity index (χ2v) is 3.16. The van der Waals surface area contributed by atoms with E-state index in [0.29, 0.717) is 5.02 Å². The first-order valence-corrected chi connectivity index (χ1v) is 4.42. The van der Waals surface area contributed by atoms with Crippen molar-refractivity contribution < 1.29 is 4.42 Å². The number of hydrogen-bond acceptors (Lipinski definition) is 2. The van der Waals surface area contributed by atoms with E-state index >= 15 is 0 Å². The Morgan fingerprint density at radius 3 is 3.00 bits per heavy atom. The van der Waals surface area contributed by atoms with E-state index in [1.807, 2.05) is 12.1 Å². The van der Waals surface area contributed by atoms with Crippen LogP contribution in [0.2, 0.25) is 5.02 Å². The summed E-state index contributed by atoms with van der Waals surface area (Å²) in [5, 5.41) is 9.97. The van der Waals surface area contributed by atoms with Crippen LogP contribution in [0.1, 0.15) is 5.56 Å². The first kappa shape index (κ1) is 8.86. The van der Waals surface area contributed by atoms with Gasteiger partial charge in [0.05, 0.1) is 12.3 Å². The van der Waals surface area contributed by atoms with Gasteiger partial charge in [-0.3, -0.25) is 0 Å². The van der Waals surface area contributed by atoms with E-state index < -0.39 is 0 Å². The quantitative estimate of drug-likeness (QED) is 0.664. The Bertz CT molecular complexity index is 534. The highest BCUT2D eigenvalue weighted by Crippen LogP contribution is 2.27. The molecule has 0 bridgehead atoms. The largest absolute Gasteiger partial charge is 0.464 e. The molecule has 0 unspecified atom stereocenters. The zero-order valence-corrected chi connectivity index (χ0v) is 7.95. The fraction of sp³-hybridized carbons (Fsp3) is 0. The Hall–Kier alpha value is -1.72. The molecule has 0 saturated heterocycles. The maximum Gasteiger partial charge on any atom is 0.134 e. The van der Waals surface area contributed by atoms with Gasteiger partial charge in [-0.15, -0.1) is 0 Å². The summed E-state index contributed by atoms with van der Waals surface area (Å²) in [5.74, 6) is 0. The van der Waals surface area contributed by atoms with Crippen molar-refractivity contribution in [1.82, 2.24) is 0 Å². The number of benzene rings is 1. The summed E-state index contributed by atoms with van der Waals surface area (Å²) in [6.07, 6.45) is 4.68. The Morgan fingerprint density at radius 1 is 1.36 bits per heavy atom. The fourth-order valence-electron chi connectivity index (χ4n) is 1.33. The highest BCUT2D eigenvalue weighted by atomic mass is 35.5. The van der Waals surface area contributed by atoms with Crippen LogP contribution in [0.5, 0.6) is 0 Å². The van der Waals surface area contributed by atoms with Gasteiger partial charge in [-0.2, -0.15) is 5.26 Å². The van der Waals surface area contributed by atoms with Crippen molar-refractivity contribution in [3.63, 3.8) is 0 Å². The molecule has 68 valence electrons. The minimum Gasteiger partial charge on any atom is -0.464 e. The van der Waals surface area contributed by atoms with Crippen LogP contribution in [-0.2, 0) is 0 Å². The van der Waals surface area contributed by atoms with Crippen LogP contribution in [0.25, 0.3) is 17.0 Å². The van der Waals surface area contributed by atoms with E-state index in [9.17, 15) is 0 Å². The van der Waals surface area contributed by atoms with Crippen molar-refractivity contribution in [1.29, 1.82) is 5.26 Å². The van der Waals surface area contributed by atoms with Gasteiger partial charge in [-0.25, -0.2) is 0 Å². The van der Waals surface area contributed by atoms with E-state index in [0.717, 1.165) is 16.5 Å². The highest BCUT2D eigenvalue weighted by molar-refractivity contribution is 6.33. The lowest BCUT2D eigenvalue weighted by Crippen LogP contribution is -1.76. The molecule has 1 aromatic heterocycles. The maximum absolute atomic E-state index is 8.44. The smallest absolute Gasteiger partial charge is 0.134 e. The molecule has 0 aliphatic rings. The van der Waals surface area contributed by atoms with Crippen molar-refractivity contribution in [2.45, 2.75) is 0 Å². The topological polar surface area (TPSA) is 36.9 Å². The zero-order valence-electron chi connectivity index (χ0n) is 7.20. The third-order valence-electron chi connectivity index (χ3n) is 1.95. The number of hydrogen-bond donors (Lipinski definition) is 0. The molecule has 1 aromatic carbocycles. The van der Waals surface area contributed by atoms with Gasteiger partial charge in [0.15, 0.2) is 0 Å². The first-order valence-electron chi connectivity index (χ1n) is 4.05. The van der Waals surface area contributed by atoms with E-state index in [2.05, 4.69) is 0 Å². The van der Waals surface area contributed by atoms with Gasteiger partial charge in [0, 0.05) is 22.0 Å². The Morgan fingerprint density at radius 2 is 2.21 bits per heavy atom. The fourth-order valence-corrected chi connectivity index (χ4v) is 1.56. The summed E-state index contributed by atoms with van der Waals surface area (Å²) >= 11 is 5.99. The summed E-state index contributed by atoms with van der Waals surface area (Å²) in [7, 11) is 0. The Kier molecular flexibility index (Phi) is 2.26. The summed E-state index contributed by atoms with van der Waals surface area (Å²) in [6, 6.07) is 7.32. The third-order valence-corrected chi connectivity index (χ3v) is 2.28. The van der Waals surface area contributed by atoms with Crippen molar-refractivity contribution in [2.24, 2.45) is 0 Å². The van der Waals surface area contributed by atoms with Crippen LogP contribution >= 0.6 is 11.6 Å². The summed E-state index contributed by atoms with van der Waals surface area (Å²) < 4.78 is 5.22. The molecule has 2 nitrogen and oxygen atoms in total. The van der Waals surface area contributed by atoms with Crippen LogP contribution in [-0.4, -0.2) is 0 Å². The molecule has 3 heteroatoms. The normalized spacial score (nSPS) is 10.9. The summed E-state index contributed by atoms with van der Waals surface area (Å²) in [4.78, 5) is 0. The second-order valence-electron chi connectivity index (χ2n) is 2.76. The molecule has 1 heterocycles. The number of nitriles is 1. The van der Waals surface area contributed by atoms with Crippen LogP contribution < -0.4 is 0 Å². The predicted molar refractivity (Wildman–Crippen MR) is 55.9 cm³/mol. The second kappa shape index (κ2) is 3.57. The number of fused-ring (bicyclic) bond motifs is 1. The molecule has 0 aliphatic carbocycles. The first-order chi connectivity index (χ1) is 6.83. The van der Waals surface area contributed by atoms with Gasteiger partial charge >= 0.3 is 0 Å². The van der Waals surface area contributed by atoms with E-state index in [4.69, 9.17) is 21.3 Å². The Labute approximate surface area is 86.0 Å². The monoisotopic (exact) mass is 203 g/mol. The van der Waals surface area contributed by atoms with Gasteiger partial charge in [0.1, 0.15) is 5.58 Å². The van der Waals surface area contributed by atoms with Gasteiger partial charge in [0.25, 0.3) is 0 Å². The molecule has 0 spiro atoms. The molecule has 2 rings (SSSR count). The lowest BCUT2D eigenvalue weighted by molar-refractivity contribution is 0.616. The molecule has 0 fully saturated rings. The van der Waals surface area contributed by atoms with Gasteiger partial charge in [-0.1, -0.05) is 11.6 Å². The number of halogens is 1. The highest BCUT2D eigenvalue weighted by Gasteiger charge is 2.04. The number of nitrogens with zero attached hydrogens (tertiary/aromatic N) is 1. The molecule has 0 aliphatic heterocycles. The average Bonchev–Trinajstić information content (AvgIpc) is 2.64. The summed E-state index contributed by atoms with van der Waals surface area (Å²) in [5.41, 5.74) is 1.59. The molecule has 2 aromatic rings. The van der Waals surface area contributed by atoms with Crippen molar-refractivity contribution in [3.05, 3.63) is 41.1 Å². The lowest BCUT2D eigenvalue weighted by Gasteiger charge is -1.98. The molecule has 0 atom stereocenters. The minimum atomic E-state index is 0.616. The maximum atomic E-state index is 8.44. The van der Waals surface area contributed by atoms with Gasteiger partial charge < -0.3 is 4.42 Å². The third kappa shape index (κ3) is 1.39. The van der Waals surface area contributed by atoms with Crippen LogP contribution in [0.4, 0.5) is 0 Å². The van der Waals surface area contributed by atoms with E-state index in [-0.39, 0.29) is 0 Å². The van der Waals surface area contributed by atoms with Gasteiger partial charge in [0.2, 0.25) is 0 Å². The molecule has 0 radical (unpaired) electrons. The molecule has 0 N–H and O–H groups in total. The minimum absolute atomic E-state index is 0.616. The number of furan rings is 1. The average molecular weight is 204 g/mol. The van der Waals surface area contributed by atoms with Gasteiger partial charge in [-0.05, 0) is 24.3 Å². The summed E-state index contributed by atoms with van der Waals surface area (Å²) in [6.45, 7) is 0. The molecule has 0 amide bonds. The van der Waals surface area contributed by atoms with Crippen LogP contribution in [0, 0.1) is 11.3 Å². The predicted octanol–water partition coefficient (Wildman–Crippen LogP) is 3.62. The standard InChI is InChI=1S/C11H6ClNO/c12-10-3-4-11-9(5-7-14-11)8(10)2-1-6-13/h1-5,7H/b2-1+. The van der Waals surface area contributed by atoms with Crippen LogP contribution in [0.15, 0.2) is 35.0 Å². The Balaban J connectivity index is 2.71. The molecule has 14 heavy (non-hydrogen) atoms. The van der Waals surface area contributed by atoms with Crippen LogP contribution in [0.3, 0.4) is 0 Å². The lowest BCUT2D eigenvalue weighted by atomic mass is 10.1. The molecule has 0 saturated carbocycles. The van der Waals surface area contributed by atoms with Crippen molar-refractivity contribution in [3.8, 4) is 6.07 Å². The molecular weight excluding hydrogens is 198 g/mol. The SMILES string of the molecule is N#C/C=C/c1c(Cl)ccc2occc12. The van der Waals surface area contributed by atoms with E-state index in [1.54, 1.807) is 24.5 Å². The molecular formula is C11H6ClNO. The zero-order chi connectivity index (χ0) is 9.97. The number of rotatable bonds is 1. The van der Waals surface area contributed by atoms with Crippen molar-refractivity contribution >= 4 is 28.6 Å². The van der Waals surface area contributed by atoms with E-state index in [1.165, 1.54) is 6.08 Å². The number of allylic oxidation sites excluding steroid dienone is 1. The van der Waals surface area contributed by atoms with Crippen molar-refractivity contribution in [2.75, 3.05) is 0 Å².